The summed E-state index contributed by atoms with van der Waals surface area (Å²) in [5.74, 6) is 1.06. The minimum atomic E-state index is -0.291. The van der Waals surface area contributed by atoms with Gasteiger partial charge in [-0.2, -0.15) is 0 Å². The van der Waals surface area contributed by atoms with Crippen molar-refractivity contribution in [3.8, 4) is 5.75 Å². The monoisotopic (exact) mass is 374 g/mol. The molecule has 142 valence electrons. The van der Waals surface area contributed by atoms with Crippen LogP contribution in [0.4, 0.5) is 4.39 Å². The fourth-order valence-corrected chi connectivity index (χ4v) is 2.81. The van der Waals surface area contributed by atoms with Gasteiger partial charge in [-0.1, -0.05) is 0 Å². The molecule has 0 bridgehead atoms. The zero-order valence-electron chi connectivity index (χ0n) is 14.7. The second-order valence-corrected chi connectivity index (χ2v) is 6.07. The predicted octanol–water partition coefficient (Wildman–Crippen LogP) is 2.49. The minimum absolute atomic E-state index is 0. The first-order valence-electron chi connectivity index (χ1n) is 8.55. The molecule has 7 heteroatoms. The number of carbonyl (C=O) groups is 1. The summed E-state index contributed by atoms with van der Waals surface area (Å²) in [6.07, 6.45) is 2.64. The molecule has 1 heterocycles. The summed E-state index contributed by atoms with van der Waals surface area (Å²) in [5, 5.41) is 3.32. The standard InChI is InChI=1S/C18H27FN2O3.ClH/c1-23-12-10-21(18(22)7-2-15-8-9-20-14-15)11-13-24-17-5-3-16(19)4-6-17;/h3-6,15,20H,2,7-14H2,1H3;1H. The molecule has 1 aliphatic heterocycles. The van der Waals surface area contributed by atoms with Crippen molar-refractivity contribution in [2.24, 2.45) is 5.92 Å². The van der Waals surface area contributed by atoms with Gasteiger partial charge < -0.3 is 19.7 Å². The summed E-state index contributed by atoms with van der Waals surface area (Å²) in [6.45, 7) is 4.02. The van der Waals surface area contributed by atoms with E-state index in [1.54, 1.807) is 24.1 Å². The molecule has 1 amide bonds. The Balaban J connectivity index is 0.00000312. The third-order valence-corrected chi connectivity index (χ3v) is 4.29. The van der Waals surface area contributed by atoms with Crippen molar-refractivity contribution in [2.45, 2.75) is 19.3 Å². The SMILES string of the molecule is COCCN(CCOc1ccc(F)cc1)C(=O)CCC1CCNC1.Cl. The topological polar surface area (TPSA) is 50.8 Å². The van der Waals surface area contributed by atoms with Gasteiger partial charge in [0.05, 0.1) is 13.2 Å². The van der Waals surface area contributed by atoms with Crippen molar-refractivity contribution in [2.75, 3.05) is 46.5 Å². The predicted molar refractivity (Wildman–Crippen MR) is 97.8 cm³/mol. The minimum Gasteiger partial charge on any atom is -0.492 e. The highest BCUT2D eigenvalue weighted by molar-refractivity contribution is 5.85. The Bertz CT molecular complexity index is 496. The second kappa shape index (κ2) is 12.1. The highest BCUT2D eigenvalue weighted by Gasteiger charge is 2.18. The number of rotatable bonds is 10. The van der Waals surface area contributed by atoms with Crippen LogP contribution in [-0.2, 0) is 9.53 Å². The average Bonchev–Trinajstić information content (AvgIpc) is 3.11. The molecular formula is C18H28ClFN2O3. The lowest BCUT2D eigenvalue weighted by Gasteiger charge is -2.23. The van der Waals surface area contributed by atoms with E-state index < -0.39 is 0 Å². The summed E-state index contributed by atoms with van der Waals surface area (Å²) in [4.78, 5) is 14.2. The van der Waals surface area contributed by atoms with E-state index >= 15 is 0 Å². The molecule has 1 saturated heterocycles. The molecule has 25 heavy (non-hydrogen) atoms. The first-order chi connectivity index (χ1) is 11.7. The zero-order valence-corrected chi connectivity index (χ0v) is 15.5. The highest BCUT2D eigenvalue weighted by Crippen LogP contribution is 2.15. The quantitative estimate of drug-likeness (QED) is 0.683. The van der Waals surface area contributed by atoms with Gasteiger partial charge in [-0.3, -0.25) is 4.79 Å². The van der Waals surface area contributed by atoms with E-state index in [9.17, 15) is 9.18 Å². The second-order valence-electron chi connectivity index (χ2n) is 6.07. The Labute approximate surface area is 155 Å². The van der Waals surface area contributed by atoms with E-state index in [0.717, 1.165) is 25.9 Å². The lowest BCUT2D eigenvalue weighted by Crippen LogP contribution is -2.37. The Kier molecular flexibility index (Phi) is 10.5. The van der Waals surface area contributed by atoms with E-state index in [-0.39, 0.29) is 24.1 Å². The molecule has 5 nitrogen and oxygen atoms in total. The van der Waals surface area contributed by atoms with Gasteiger partial charge in [-0.15, -0.1) is 12.4 Å². The number of methoxy groups -OCH3 is 1. The van der Waals surface area contributed by atoms with Crippen LogP contribution in [0.5, 0.6) is 5.75 Å². The zero-order chi connectivity index (χ0) is 17.2. The van der Waals surface area contributed by atoms with Crippen LogP contribution in [0.1, 0.15) is 19.3 Å². The van der Waals surface area contributed by atoms with Gasteiger partial charge in [0.15, 0.2) is 0 Å². The number of ether oxygens (including phenoxy) is 2. The van der Waals surface area contributed by atoms with Crippen molar-refractivity contribution < 1.29 is 18.7 Å². The number of hydrogen-bond donors (Lipinski definition) is 1. The van der Waals surface area contributed by atoms with Crippen molar-refractivity contribution in [1.82, 2.24) is 10.2 Å². The first-order valence-corrected chi connectivity index (χ1v) is 8.55. The molecule has 1 N–H and O–H groups in total. The van der Waals surface area contributed by atoms with Crippen LogP contribution >= 0.6 is 12.4 Å². The largest absolute Gasteiger partial charge is 0.492 e. The van der Waals surface area contributed by atoms with E-state index in [2.05, 4.69) is 5.32 Å². The molecule has 0 saturated carbocycles. The number of nitrogens with zero attached hydrogens (tertiary/aromatic N) is 1. The third kappa shape index (κ3) is 8.03. The van der Waals surface area contributed by atoms with E-state index in [1.807, 2.05) is 0 Å². The molecule has 0 radical (unpaired) electrons. The molecule has 1 aromatic rings. The Hall–Kier alpha value is -1.37. The molecule has 1 aliphatic rings. The summed E-state index contributed by atoms with van der Waals surface area (Å²) in [7, 11) is 1.63. The van der Waals surface area contributed by atoms with Crippen LogP contribution in [0.15, 0.2) is 24.3 Å². The Morgan fingerprint density at radius 1 is 1.28 bits per heavy atom. The molecule has 2 rings (SSSR count). The number of nitrogens with one attached hydrogen (secondary N) is 1. The molecule has 0 aromatic heterocycles. The van der Waals surface area contributed by atoms with E-state index in [1.165, 1.54) is 12.1 Å². The lowest BCUT2D eigenvalue weighted by molar-refractivity contribution is -0.132. The molecular weight excluding hydrogens is 347 g/mol. The third-order valence-electron chi connectivity index (χ3n) is 4.29. The molecule has 0 spiro atoms. The van der Waals surface area contributed by atoms with Gasteiger partial charge >= 0.3 is 0 Å². The van der Waals surface area contributed by atoms with Gasteiger partial charge in [0, 0.05) is 20.1 Å². The summed E-state index contributed by atoms with van der Waals surface area (Å²) >= 11 is 0. The van der Waals surface area contributed by atoms with E-state index in [4.69, 9.17) is 9.47 Å². The molecule has 1 fully saturated rings. The Morgan fingerprint density at radius 3 is 2.64 bits per heavy atom. The van der Waals surface area contributed by atoms with Crippen LogP contribution in [0, 0.1) is 11.7 Å². The summed E-state index contributed by atoms with van der Waals surface area (Å²) < 4.78 is 23.5. The maximum absolute atomic E-state index is 12.9. The van der Waals surface area contributed by atoms with Crippen LogP contribution in [0.2, 0.25) is 0 Å². The summed E-state index contributed by atoms with van der Waals surface area (Å²) in [6, 6.07) is 5.89. The van der Waals surface area contributed by atoms with Crippen LogP contribution < -0.4 is 10.1 Å². The fourth-order valence-electron chi connectivity index (χ4n) is 2.81. The lowest BCUT2D eigenvalue weighted by atomic mass is 10.0. The number of carbonyl (C=O) groups excluding carboxylic acids is 1. The van der Waals surface area contributed by atoms with Crippen molar-refractivity contribution in [3.63, 3.8) is 0 Å². The van der Waals surface area contributed by atoms with Gasteiger partial charge in [0.2, 0.25) is 5.91 Å². The maximum atomic E-state index is 12.9. The number of halogens is 2. The number of benzene rings is 1. The van der Waals surface area contributed by atoms with Crippen molar-refractivity contribution in [1.29, 1.82) is 0 Å². The molecule has 1 aromatic carbocycles. The van der Waals surface area contributed by atoms with E-state index in [0.29, 0.717) is 44.4 Å². The normalized spacial score (nSPS) is 16.3. The van der Waals surface area contributed by atoms with Crippen LogP contribution in [0.3, 0.4) is 0 Å². The van der Waals surface area contributed by atoms with Crippen molar-refractivity contribution in [3.05, 3.63) is 30.1 Å². The highest BCUT2D eigenvalue weighted by atomic mass is 35.5. The fraction of sp³-hybridized carbons (Fsp3) is 0.611. The Morgan fingerprint density at radius 2 is 2.00 bits per heavy atom. The van der Waals surface area contributed by atoms with Crippen LogP contribution in [0.25, 0.3) is 0 Å². The molecule has 0 aliphatic carbocycles. The molecule has 1 unspecified atom stereocenters. The van der Waals surface area contributed by atoms with Gasteiger partial charge in [-0.05, 0) is 56.1 Å². The number of hydrogen-bond acceptors (Lipinski definition) is 4. The smallest absolute Gasteiger partial charge is 0.222 e. The van der Waals surface area contributed by atoms with Crippen LogP contribution in [-0.4, -0.2) is 57.3 Å². The average molecular weight is 375 g/mol. The summed E-state index contributed by atoms with van der Waals surface area (Å²) in [5.41, 5.74) is 0. The maximum Gasteiger partial charge on any atom is 0.222 e. The number of amides is 1. The van der Waals surface area contributed by atoms with Gasteiger partial charge in [0.1, 0.15) is 18.2 Å². The van der Waals surface area contributed by atoms with Gasteiger partial charge in [-0.25, -0.2) is 4.39 Å². The van der Waals surface area contributed by atoms with Crippen molar-refractivity contribution >= 4 is 18.3 Å². The first kappa shape index (κ1) is 21.7. The van der Waals surface area contributed by atoms with Gasteiger partial charge in [0.25, 0.3) is 0 Å². The molecule has 1 atom stereocenters.